The topological polar surface area (TPSA) is 12.9 Å². The summed E-state index contributed by atoms with van der Waals surface area (Å²) in [5, 5.41) is 0. The number of aromatic nitrogens is 1. The van der Waals surface area contributed by atoms with E-state index in [-0.39, 0.29) is 0 Å². The van der Waals surface area contributed by atoms with Crippen molar-refractivity contribution < 1.29 is 0 Å². The minimum absolute atomic E-state index is 0.601. The van der Waals surface area contributed by atoms with E-state index in [1.54, 1.807) is 19.3 Å². The summed E-state index contributed by atoms with van der Waals surface area (Å²) >= 11 is 3.98. The van der Waals surface area contributed by atoms with Crippen LogP contribution in [0.5, 0.6) is 0 Å². The molecule has 4 aliphatic rings. The average Bonchev–Trinajstić information content (AvgIpc) is 2.39. The first-order valence-electron chi connectivity index (χ1n) is 8.66. The minimum atomic E-state index is 0.601. The van der Waals surface area contributed by atoms with E-state index in [1.165, 1.54) is 36.9 Å². The molecule has 4 bridgehead atoms. The van der Waals surface area contributed by atoms with Crippen molar-refractivity contribution in [2.24, 2.45) is 23.2 Å². The van der Waals surface area contributed by atoms with E-state index in [1.807, 2.05) is 6.20 Å². The van der Waals surface area contributed by atoms with Crippen molar-refractivity contribution >= 4 is 15.9 Å². The molecule has 0 aromatic carbocycles. The molecule has 4 aliphatic carbocycles. The molecule has 1 heterocycles. The van der Waals surface area contributed by atoms with Crippen LogP contribution in [0.3, 0.4) is 0 Å². The third-order valence-electron chi connectivity index (χ3n) is 6.22. The van der Waals surface area contributed by atoms with Gasteiger partial charge in [0.15, 0.2) is 0 Å². The first-order chi connectivity index (χ1) is 10.1. The lowest BCUT2D eigenvalue weighted by Gasteiger charge is -2.57. The van der Waals surface area contributed by atoms with Gasteiger partial charge in [0.25, 0.3) is 0 Å². The van der Waals surface area contributed by atoms with Crippen molar-refractivity contribution in [3.63, 3.8) is 0 Å². The van der Waals surface area contributed by atoms with Crippen molar-refractivity contribution in [2.45, 2.75) is 63.1 Å². The van der Waals surface area contributed by atoms with Crippen LogP contribution in [0, 0.1) is 30.1 Å². The molecule has 1 aromatic rings. The highest BCUT2D eigenvalue weighted by molar-refractivity contribution is 9.09. The number of rotatable bonds is 4. The van der Waals surface area contributed by atoms with Crippen LogP contribution in [-0.2, 0) is 6.42 Å². The average molecular weight is 348 g/mol. The zero-order chi connectivity index (χ0) is 14.4. The second-order valence-electron chi connectivity index (χ2n) is 8.25. The molecule has 4 saturated carbocycles. The molecule has 1 aromatic heterocycles. The van der Waals surface area contributed by atoms with Crippen molar-refractivity contribution in [2.75, 3.05) is 0 Å². The molecule has 0 amide bonds. The highest BCUT2D eigenvalue weighted by Crippen LogP contribution is 2.62. The Labute approximate surface area is 137 Å². The van der Waals surface area contributed by atoms with Crippen LogP contribution in [0.2, 0.25) is 0 Å². The molecule has 1 unspecified atom stereocenters. The number of aryl methyl sites for hydroxylation is 1. The largest absolute Gasteiger partial charge is 0.261 e. The van der Waals surface area contributed by atoms with Gasteiger partial charge in [-0.1, -0.05) is 22.0 Å². The maximum absolute atomic E-state index is 4.58. The fraction of sp³-hybridized carbons (Fsp3) is 0.737. The van der Waals surface area contributed by atoms with E-state index in [2.05, 4.69) is 40.0 Å². The number of alkyl halides is 1. The Kier molecular flexibility index (Phi) is 3.64. The van der Waals surface area contributed by atoms with Crippen LogP contribution in [0.1, 0.15) is 56.2 Å². The number of pyridine rings is 1. The Morgan fingerprint density at radius 3 is 2.29 bits per heavy atom. The van der Waals surface area contributed by atoms with Gasteiger partial charge in [-0.3, -0.25) is 4.98 Å². The van der Waals surface area contributed by atoms with Crippen LogP contribution in [0.4, 0.5) is 0 Å². The van der Waals surface area contributed by atoms with Gasteiger partial charge in [0.1, 0.15) is 0 Å². The molecule has 5 rings (SSSR count). The molecular formula is C19H26BrN. The molecule has 0 aliphatic heterocycles. The Hall–Kier alpha value is -0.370. The van der Waals surface area contributed by atoms with E-state index in [9.17, 15) is 0 Å². The second kappa shape index (κ2) is 5.37. The van der Waals surface area contributed by atoms with Crippen LogP contribution < -0.4 is 0 Å². The van der Waals surface area contributed by atoms with Gasteiger partial charge in [0, 0.05) is 23.1 Å². The monoisotopic (exact) mass is 347 g/mol. The zero-order valence-corrected chi connectivity index (χ0v) is 14.6. The lowest BCUT2D eigenvalue weighted by molar-refractivity contribution is -0.0569. The highest BCUT2D eigenvalue weighted by Gasteiger charge is 2.51. The number of hydrogen-bond acceptors (Lipinski definition) is 1. The molecule has 4 fully saturated rings. The van der Waals surface area contributed by atoms with Crippen molar-refractivity contribution in [3.8, 4) is 0 Å². The van der Waals surface area contributed by atoms with Gasteiger partial charge in [-0.2, -0.15) is 0 Å². The van der Waals surface area contributed by atoms with Gasteiger partial charge in [-0.05, 0) is 86.7 Å². The van der Waals surface area contributed by atoms with Crippen LogP contribution in [0.25, 0.3) is 0 Å². The SMILES string of the molecule is Cc1ccc(CC(Br)CC23CC4CC(CC(C4)C2)C3)nc1. The number of halogens is 1. The van der Waals surface area contributed by atoms with Crippen LogP contribution >= 0.6 is 15.9 Å². The lowest BCUT2D eigenvalue weighted by Crippen LogP contribution is -2.47. The third-order valence-corrected chi connectivity index (χ3v) is 6.87. The Balaban J connectivity index is 1.42. The van der Waals surface area contributed by atoms with Crippen molar-refractivity contribution in [3.05, 3.63) is 29.6 Å². The lowest BCUT2D eigenvalue weighted by atomic mass is 9.48. The minimum Gasteiger partial charge on any atom is -0.261 e. The third kappa shape index (κ3) is 2.93. The maximum atomic E-state index is 4.58. The van der Waals surface area contributed by atoms with Crippen LogP contribution in [-0.4, -0.2) is 9.81 Å². The van der Waals surface area contributed by atoms with E-state index in [4.69, 9.17) is 0 Å². The van der Waals surface area contributed by atoms with Gasteiger partial charge in [0.2, 0.25) is 0 Å². The molecule has 0 N–H and O–H groups in total. The van der Waals surface area contributed by atoms with Gasteiger partial charge < -0.3 is 0 Å². The smallest absolute Gasteiger partial charge is 0.0414 e. The molecule has 21 heavy (non-hydrogen) atoms. The van der Waals surface area contributed by atoms with E-state index < -0.39 is 0 Å². The summed E-state index contributed by atoms with van der Waals surface area (Å²) in [4.78, 5) is 5.18. The second-order valence-corrected chi connectivity index (χ2v) is 9.54. The molecule has 2 heteroatoms. The summed E-state index contributed by atoms with van der Waals surface area (Å²) in [7, 11) is 0. The molecule has 0 saturated heterocycles. The molecule has 0 spiro atoms. The Morgan fingerprint density at radius 2 is 1.76 bits per heavy atom. The first kappa shape index (κ1) is 14.2. The highest BCUT2D eigenvalue weighted by atomic mass is 79.9. The molecule has 0 radical (unpaired) electrons. The number of nitrogens with zero attached hydrogens (tertiary/aromatic N) is 1. The quantitative estimate of drug-likeness (QED) is 0.673. The van der Waals surface area contributed by atoms with Crippen molar-refractivity contribution in [1.82, 2.24) is 4.98 Å². The standard InChI is InChI=1S/C19H26BrN/c1-13-2-3-18(21-12-13)7-17(20)11-19-8-14-4-15(9-19)6-16(5-14)10-19/h2-3,12,14-17H,4-11H2,1H3. The fourth-order valence-corrected chi connectivity index (χ4v) is 6.95. The summed E-state index contributed by atoms with van der Waals surface area (Å²) in [6.07, 6.45) is 13.6. The molecule has 1 atom stereocenters. The fourth-order valence-electron chi connectivity index (χ4n) is 5.93. The van der Waals surface area contributed by atoms with Gasteiger partial charge >= 0.3 is 0 Å². The van der Waals surface area contributed by atoms with E-state index in [0.717, 1.165) is 24.2 Å². The summed E-state index contributed by atoms with van der Waals surface area (Å²) in [6, 6.07) is 4.38. The van der Waals surface area contributed by atoms with Crippen LogP contribution in [0.15, 0.2) is 18.3 Å². The van der Waals surface area contributed by atoms with Crippen molar-refractivity contribution in [1.29, 1.82) is 0 Å². The molecular weight excluding hydrogens is 322 g/mol. The normalized spacial score (nSPS) is 38.7. The Bertz CT molecular complexity index is 472. The summed E-state index contributed by atoms with van der Waals surface area (Å²) in [5.41, 5.74) is 3.17. The van der Waals surface area contributed by atoms with Gasteiger partial charge in [0.05, 0.1) is 0 Å². The summed E-state index contributed by atoms with van der Waals surface area (Å²) in [5.74, 6) is 3.19. The predicted octanol–water partition coefficient (Wildman–Crippen LogP) is 5.30. The Morgan fingerprint density at radius 1 is 1.14 bits per heavy atom. The van der Waals surface area contributed by atoms with Gasteiger partial charge in [-0.25, -0.2) is 0 Å². The number of hydrogen-bond donors (Lipinski definition) is 0. The summed E-state index contributed by atoms with van der Waals surface area (Å²) in [6.45, 7) is 2.11. The van der Waals surface area contributed by atoms with E-state index >= 15 is 0 Å². The maximum Gasteiger partial charge on any atom is 0.0414 e. The zero-order valence-electron chi connectivity index (χ0n) is 13.0. The molecule has 1 nitrogen and oxygen atoms in total. The van der Waals surface area contributed by atoms with E-state index in [0.29, 0.717) is 10.2 Å². The van der Waals surface area contributed by atoms with Gasteiger partial charge in [-0.15, -0.1) is 0 Å². The summed E-state index contributed by atoms with van der Waals surface area (Å²) < 4.78 is 0. The predicted molar refractivity (Wildman–Crippen MR) is 90.6 cm³/mol. The first-order valence-corrected chi connectivity index (χ1v) is 9.57. The molecule has 114 valence electrons.